The van der Waals surface area contributed by atoms with Gasteiger partial charge in [0.1, 0.15) is 17.6 Å². The van der Waals surface area contributed by atoms with E-state index in [1.165, 1.54) is 11.1 Å². The van der Waals surface area contributed by atoms with Crippen LogP contribution in [0, 0.1) is 17.2 Å². The lowest BCUT2D eigenvalue weighted by molar-refractivity contribution is -0.132. The quantitative estimate of drug-likeness (QED) is 0.705. The molecule has 2 aromatic rings. The van der Waals surface area contributed by atoms with E-state index < -0.39 is 0 Å². The minimum absolute atomic E-state index is 0.253. The summed E-state index contributed by atoms with van der Waals surface area (Å²) < 4.78 is 5.51. The first-order valence-electron chi connectivity index (χ1n) is 11.9. The molecule has 1 aromatic carbocycles. The summed E-state index contributed by atoms with van der Waals surface area (Å²) in [5.74, 6) is 2.66. The molecule has 2 saturated heterocycles. The van der Waals surface area contributed by atoms with Crippen molar-refractivity contribution in [1.29, 1.82) is 5.26 Å². The van der Waals surface area contributed by atoms with E-state index in [0.717, 1.165) is 57.1 Å². The standard InChI is InChI=1S/C26H31N5O2/c1-18-12-21-16-30(17-23(18)31(21)25-7-6-19(13-27)14-28-25)26(32)9-11-29-10-8-22-20(15-29)4-3-5-24(22)33-2/h3-7,14,18,21,23H,8-12,15-17H2,1-2H3/t18-,21?,23?/m0/s1. The van der Waals surface area contributed by atoms with Crippen molar-refractivity contribution in [3.63, 3.8) is 0 Å². The number of hydrogen-bond donors (Lipinski definition) is 0. The predicted molar refractivity (Wildman–Crippen MR) is 126 cm³/mol. The van der Waals surface area contributed by atoms with E-state index in [1.54, 1.807) is 13.3 Å². The first-order valence-corrected chi connectivity index (χ1v) is 11.9. The van der Waals surface area contributed by atoms with Crippen LogP contribution in [0.15, 0.2) is 36.5 Å². The number of aromatic nitrogens is 1. The zero-order valence-electron chi connectivity index (χ0n) is 19.4. The maximum Gasteiger partial charge on any atom is 0.223 e. The van der Waals surface area contributed by atoms with E-state index in [9.17, 15) is 4.79 Å². The van der Waals surface area contributed by atoms with Crippen LogP contribution in [0.1, 0.15) is 36.5 Å². The highest BCUT2D eigenvalue weighted by Gasteiger charge is 2.45. The van der Waals surface area contributed by atoms with Crippen LogP contribution in [0.4, 0.5) is 5.82 Å². The second-order valence-corrected chi connectivity index (χ2v) is 9.53. The van der Waals surface area contributed by atoms with Gasteiger partial charge in [-0.15, -0.1) is 0 Å². The maximum absolute atomic E-state index is 13.1. The molecule has 0 aliphatic carbocycles. The van der Waals surface area contributed by atoms with Crippen molar-refractivity contribution in [3.8, 4) is 11.8 Å². The molecule has 5 rings (SSSR count). The molecule has 2 fully saturated rings. The summed E-state index contributed by atoms with van der Waals surface area (Å²) in [4.78, 5) is 24.5. The third-order valence-electron chi connectivity index (χ3n) is 7.55. The highest BCUT2D eigenvalue weighted by molar-refractivity contribution is 5.77. The molecule has 0 spiro atoms. The van der Waals surface area contributed by atoms with Crippen LogP contribution in [0.5, 0.6) is 5.75 Å². The number of nitrogens with zero attached hydrogens (tertiary/aromatic N) is 5. The van der Waals surface area contributed by atoms with Gasteiger partial charge in [0.2, 0.25) is 5.91 Å². The fourth-order valence-electron chi connectivity index (χ4n) is 5.82. The molecular weight excluding hydrogens is 414 g/mol. The normalized spacial score (nSPS) is 24.3. The van der Waals surface area contributed by atoms with Crippen LogP contribution in [-0.4, -0.2) is 66.1 Å². The van der Waals surface area contributed by atoms with Crippen LogP contribution in [-0.2, 0) is 17.8 Å². The number of likely N-dealkylation sites (tertiary alicyclic amines) is 1. The van der Waals surface area contributed by atoms with E-state index in [4.69, 9.17) is 10.00 Å². The molecule has 4 heterocycles. The van der Waals surface area contributed by atoms with E-state index >= 15 is 0 Å². The Hall–Kier alpha value is -3.11. The van der Waals surface area contributed by atoms with E-state index in [1.807, 2.05) is 24.3 Å². The van der Waals surface area contributed by atoms with Gasteiger partial charge in [0.05, 0.1) is 18.7 Å². The summed E-state index contributed by atoms with van der Waals surface area (Å²) in [6, 6.07) is 12.7. The van der Waals surface area contributed by atoms with Crippen LogP contribution in [0.2, 0.25) is 0 Å². The van der Waals surface area contributed by atoms with Crippen molar-refractivity contribution in [2.45, 2.75) is 44.8 Å². The fraction of sp³-hybridized carbons (Fsp3) is 0.500. The number of nitriles is 1. The molecule has 7 nitrogen and oxygen atoms in total. The SMILES string of the molecule is COc1cccc2c1CCN(CCC(=O)N1CC3C[C@H](C)C(C1)N3c1ccc(C#N)cn1)C2. The molecule has 3 aliphatic rings. The average molecular weight is 446 g/mol. The number of pyridine rings is 1. The molecule has 2 bridgehead atoms. The van der Waals surface area contributed by atoms with Crippen LogP contribution < -0.4 is 9.64 Å². The molecule has 0 N–H and O–H groups in total. The van der Waals surface area contributed by atoms with Crippen molar-refractivity contribution in [2.24, 2.45) is 5.92 Å². The van der Waals surface area contributed by atoms with Crippen LogP contribution in [0.3, 0.4) is 0 Å². The highest BCUT2D eigenvalue weighted by Crippen LogP contribution is 2.38. The summed E-state index contributed by atoms with van der Waals surface area (Å²) in [6.07, 6.45) is 4.23. The molecule has 1 aromatic heterocycles. The third-order valence-corrected chi connectivity index (χ3v) is 7.55. The average Bonchev–Trinajstić information content (AvgIpc) is 3.05. The Morgan fingerprint density at radius 2 is 2.15 bits per heavy atom. The number of ether oxygens (including phenoxy) is 1. The second-order valence-electron chi connectivity index (χ2n) is 9.53. The van der Waals surface area contributed by atoms with Gasteiger partial charge in [-0.2, -0.15) is 5.26 Å². The van der Waals surface area contributed by atoms with Crippen LogP contribution >= 0.6 is 0 Å². The lowest BCUT2D eigenvalue weighted by Crippen LogP contribution is -2.56. The molecular formula is C26H31N5O2. The van der Waals surface area contributed by atoms with Gasteiger partial charge < -0.3 is 14.5 Å². The third kappa shape index (κ3) is 4.16. The van der Waals surface area contributed by atoms with Gasteiger partial charge in [-0.1, -0.05) is 19.1 Å². The summed E-state index contributed by atoms with van der Waals surface area (Å²) in [7, 11) is 1.73. The van der Waals surface area contributed by atoms with Crippen molar-refractivity contribution in [3.05, 3.63) is 53.2 Å². The first kappa shape index (κ1) is 21.7. The Bertz CT molecular complexity index is 1060. The minimum atomic E-state index is 0.253. The van der Waals surface area contributed by atoms with E-state index in [-0.39, 0.29) is 18.0 Å². The number of anilines is 1. The smallest absolute Gasteiger partial charge is 0.223 e. The van der Waals surface area contributed by atoms with Gasteiger partial charge in [0.25, 0.3) is 0 Å². The Morgan fingerprint density at radius 1 is 1.27 bits per heavy atom. The van der Waals surface area contributed by atoms with Gasteiger partial charge in [-0.25, -0.2) is 4.98 Å². The van der Waals surface area contributed by atoms with Gasteiger partial charge in [0.15, 0.2) is 0 Å². The summed E-state index contributed by atoms with van der Waals surface area (Å²) in [5.41, 5.74) is 3.19. The Morgan fingerprint density at radius 3 is 2.88 bits per heavy atom. The summed E-state index contributed by atoms with van der Waals surface area (Å²) in [5, 5.41) is 9.05. The molecule has 33 heavy (non-hydrogen) atoms. The zero-order valence-corrected chi connectivity index (χ0v) is 19.4. The number of benzene rings is 1. The van der Waals surface area contributed by atoms with Gasteiger partial charge >= 0.3 is 0 Å². The second kappa shape index (κ2) is 9.03. The monoisotopic (exact) mass is 445 g/mol. The number of carbonyl (C=O) groups is 1. The molecule has 2 unspecified atom stereocenters. The number of piperazine rings is 1. The zero-order chi connectivity index (χ0) is 22.9. The number of hydrogen-bond acceptors (Lipinski definition) is 6. The molecule has 3 atom stereocenters. The van der Waals surface area contributed by atoms with Gasteiger partial charge in [-0.3, -0.25) is 9.69 Å². The Balaban J connectivity index is 1.19. The lowest BCUT2D eigenvalue weighted by Gasteiger charge is -2.42. The molecule has 1 amide bonds. The Labute approximate surface area is 195 Å². The number of carbonyl (C=O) groups excluding carboxylic acids is 1. The van der Waals surface area contributed by atoms with Crippen molar-refractivity contribution >= 4 is 11.7 Å². The molecule has 0 radical (unpaired) electrons. The molecule has 7 heteroatoms. The number of rotatable bonds is 5. The predicted octanol–water partition coefficient (Wildman–Crippen LogP) is 2.84. The molecule has 3 aliphatic heterocycles. The highest BCUT2D eigenvalue weighted by atomic mass is 16.5. The first-order chi connectivity index (χ1) is 16.1. The van der Waals surface area contributed by atoms with E-state index in [2.05, 4.69) is 38.7 Å². The number of methoxy groups -OCH3 is 1. The largest absolute Gasteiger partial charge is 0.496 e. The lowest BCUT2D eigenvalue weighted by atomic mass is 9.98. The maximum atomic E-state index is 13.1. The number of fused-ring (bicyclic) bond motifs is 3. The summed E-state index contributed by atoms with van der Waals surface area (Å²) >= 11 is 0. The van der Waals surface area contributed by atoms with Crippen LogP contribution in [0.25, 0.3) is 0 Å². The fourth-order valence-corrected chi connectivity index (χ4v) is 5.82. The summed E-state index contributed by atoms with van der Waals surface area (Å²) in [6.45, 7) is 6.40. The van der Waals surface area contributed by atoms with Gasteiger partial charge in [-0.05, 0) is 48.1 Å². The number of amides is 1. The van der Waals surface area contributed by atoms with Crippen molar-refractivity contribution in [1.82, 2.24) is 14.8 Å². The van der Waals surface area contributed by atoms with Crippen molar-refractivity contribution in [2.75, 3.05) is 38.2 Å². The molecule has 172 valence electrons. The molecule has 0 saturated carbocycles. The minimum Gasteiger partial charge on any atom is -0.496 e. The van der Waals surface area contributed by atoms with Gasteiger partial charge in [0, 0.05) is 51.4 Å². The van der Waals surface area contributed by atoms with E-state index in [0.29, 0.717) is 17.9 Å². The van der Waals surface area contributed by atoms with Crippen molar-refractivity contribution < 1.29 is 9.53 Å². The topological polar surface area (TPSA) is 72.7 Å². The Kier molecular flexibility index (Phi) is 5.94.